The summed E-state index contributed by atoms with van der Waals surface area (Å²) in [5.74, 6) is 1.54. The van der Waals surface area contributed by atoms with E-state index in [1.807, 2.05) is 12.1 Å². The maximum absolute atomic E-state index is 5.35. The molecule has 0 aliphatic heterocycles. The van der Waals surface area contributed by atoms with E-state index in [1.165, 1.54) is 24.0 Å². The average Bonchev–Trinajstić information content (AvgIpc) is 3.24. The summed E-state index contributed by atoms with van der Waals surface area (Å²) in [4.78, 5) is 0. The quantitative estimate of drug-likeness (QED) is 0.850. The van der Waals surface area contributed by atoms with Crippen LogP contribution >= 0.6 is 0 Å². The standard InChI is InChI=1S/C17H22N2O2/c1-20-16-6-3-13(9-17(16)21-2)11-19-8-7-14(12-19)10-18-15-4-5-15/h3,6-9,12,15,18H,4-5,10-11H2,1-2H3. The highest BCUT2D eigenvalue weighted by atomic mass is 16.5. The monoisotopic (exact) mass is 286 g/mol. The first-order valence-corrected chi connectivity index (χ1v) is 7.37. The molecule has 0 spiro atoms. The van der Waals surface area contributed by atoms with Gasteiger partial charge in [-0.25, -0.2) is 0 Å². The zero-order valence-corrected chi connectivity index (χ0v) is 12.6. The Morgan fingerprint density at radius 2 is 1.90 bits per heavy atom. The lowest BCUT2D eigenvalue weighted by atomic mass is 10.2. The van der Waals surface area contributed by atoms with Crippen LogP contribution in [0, 0.1) is 0 Å². The fourth-order valence-electron chi connectivity index (χ4n) is 2.43. The second kappa shape index (κ2) is 6.22. The number of hydrogen-bond donors (Lipinski definition) is 1. The van der Waals surface area contributed by atoms with Crippen LogP contribution in [0.2, 0.25) is 0 Å². The first-order chi connectivity index (χ1) is 10.3. The van der Waals surface area contributed by atoms with Crippen LogP contribution in [0.1, 0.15) is 24.0 Å². The molecular formula is C17H22N2O2. The second-order valence-electron chi connectivity index (χ2n) is 5.54. The average molecular weight is 286 g/mol. The summed E-state index contributed by atoms with van der Waals surface area (Å²) in [6, 6.07) is 8.98. The van der Waals surface area contributed by atoms with Gasteiger partial charge in [0, 0.05) is 31.5 Å². The molecule has 0 unspecified atom stereocenters. The SMILES string of the molecule is COc1ccc(Cn2ccc(CNC3CC3)c2)cc1OC. The third kappa shape index (κ3) is 3.58. The minimum atomic E-state index is 0.749. The van der Waals surface area contributed by atoms with Gasteiger partial charge in [-0.1, -0.05) is 6.07 Å². The molecular weight excluding hydrogens is 264 g/mol. The number of methoxy groups -OCH3 is 2. The summed E-state index contributed by atoms with van der Waals surface area (Å²) in [5.41, 5.74) is 2.53. The molecule has 112 valence electrons. The van der Waals surface area contributed by atoms with Gasteiger partial charge in [-0.05, 0) is 42.2 Å². The summed E-state index contributed by atoms with van der Waals surface area (Å²) in [7, 11) is 3.32. The van der Waals surface area contributed by atoms with Gasteiger partial charge >= 0.3 is 0 Å². The van der Waals surface area contributed by atoms with Crippen molar-refractivity contribution in [3.8, 4) is 11.5 Å². The molecule has 1 fully saturated rings. The fourth-order valence-corrected chi connectivity index (χ4v) is 2.43. The Bertz CT molecular complexity index is 603. The summed E-state index contributed by atoms with van der Waals surface area (Å²) >= 11 is 0. The van der Waals surface area contributed by atoms with Crippen LogP contribution in [0.15, 0.2) is 36.7 Å². The third-order valence-corrected chi connectivity index (χ3v) is 3.80. The molecule has 0 amide bonds. The minimum absolute atomic E-state index is 0.749. The largest absolute Gasteiger partial charge is 0.493 e. The molecule has 0 bridgehead atoms. The topological polar surface area (TPSA) is 35.4 Å². The predicted octanol–water partition coefficient (Wildman–Crippen LogP) is 2.81. The van der Waals surface area contributed by atoms with Crippen LogP contribution in [-0.4, -0.2) is 24.8 Å². The van der Waals surface area contributed by atoms with E-state index in [-0.39, 0.29) is 0 Å². The van der Waals surface area contributed by atoms with Crippen molar-refractivity contribution in [2.75, 3.05) is 14.2 Å². The Morgan fingerprint density at radius 1 is 1.10 bits per heavy atom. The van der Waals surface area contributed by atoms with Crippen molar-refractivity contribution in [1.82, 2.24) is 9.88 Å². The zero-order valence-electron chi connectivity index (χ0n) is 12.6. The van der Waals surface area contributed by atoms with Crippen LogP contribution in [0.25, 0.3) is 0 Å². The van der Waals surface area contributed by atoms with E-state index >= 15 is 0 Å². The molecule has 1 heterocycles. The number of rotatable bonds is 7. The second-order valence-corrected chi connectivity index (χ2v) is 5.54. The highest BCUT2D eigenvalue weighted by molar-refractivity contribution is 5.43. The smallest absolute Gasteiger partial charge is 0.161 e. The number of ether oxygens (including phenoxy) is 2. The van der Waals surface area contributed by atoms with Crippen molar-refractivity contribution in [3.05, 3.63) is 47.8 Å². The van der Waals surface area contributed by atoms with Gasteiger partial charge in [0.15, 0.2) is 11.5 Å². The lowest BCUT2D eigenvalue weighted by Crippen LogP contribution is -2.14. The Hall–Kier alpha value is -1.94. The predicted molar refractivity (Wildman–Crippen MR) is 82.9 cm³/mol. The molecule has 1 aliphatic rings. The van der Waals surface area contributed by atoms with Gasteiger partial charge in [-0.3, -0.25) is 0 Å². The van der Waals surface area contributed by atoms with Crippen LogP contribution < -0.4 is 14.8 Å². The molecule has 1 saturated carbocycles. The van der Waals surface area contributed by atoms with E-state index in [0.717, 1.165) is 30.6 Å². The van der Waals surface area contributed by atoms with E-state index in [4.69, 9.17) is 9.47 Å². The summed E-state index contributed by atoms with van der Waals surface area (Å²) < 4.78 is 12.8. The van der Waals surface area contributed by atoms with E-state index in [0.29, 0.717) is 0 Å². The van der Waals surface area contributed by atoms with E-state index < -0.39 is 0 Å². The van der Waals surface area contributed by atoms with Gasteiger partial charge in [-0.2, -0.15) is 0 Å². The number of aromatic nitrogens is 1. The molecule has 3 rings (SSSR count). The highest BCUT2D eigenvalue weighted by Crippen LogP contribution is 2.28. The molecule has 1 N–H and O–H groups in total. The van der Waals surface area contributed by atoms with Crippen LogP contribution in [0.4, 0.5) is 0 Å². The van der Waals surface area contributed by atoms with Gasteiger partial charge < -0.3 is 19.4 Å². The van der Waals surface area contributed by atoms with E-state index in [1.54, 1.807) is 14.2 Å². The highest BCUT2D eigenvalue weighted by Gasteiger charge is 2.19. The first-order valence-electron chi connectivity index (χ1n) is 7.37. The molecule has 21 heavy (non-hydrogen) atoms. The number of benzene rings is 1. The molecule has 1 aliphatic carbocycles. The van der Waals surface area contributed by atoms with Gasteiger partial charge in [0.2, 0.25) is 0 Å². The lowest BCUT2D eigenvalue weighted by molar-refractivity contribution is 0.354. The number of hydrogen-bond acceptors (Lipinski definition) is 3. The molecule has 0 radical (unpaired) electrons. The van der Waals surface area contributed by atoms with Crippen LogP contribution in [0.5, 0.6) is 11.5 Å². The Labute approximate surface area is 125 Å². The van der Waals surface area contributed by atoms with Gasteiger partial charge in [0.25, 0.3) is 0 Å². The molecule has 4 nitrogen and oxygen atoms in total. The van der Waals surface area contributed by atoms with E-state index in [2.05, 4.69) is 34.4 Å². The molecule has 4 heteroatoms. The number of nitrogens with zero attached hydrogens (tertiary/aromatic N) is 1. The normalized spacial score (nSPS) is 14.2. The van der Waals surface area contributed by atoms with Crippen molar-refractivity contribution >= 4 is 0 Å². The lowest BCUT2D eigenvalue weighted by Gasteiger charge is -2.10. The van der Waals surface area contributed by atoms with Crippen molar-refractivity contribution in [2.45, 2.75) is 32.0 Å². The molecule has 0 saturated heterocycles. The summed E-state index contributed by atoms with van der Waals surface area (Å²) in [6.07, 6.45) is 6.98. The van der Waals surface area contributed by atoms with Gasteiger partial charge in [0.05, 0.1) is 14.2 Å². The zero-order chi connectivity index (χ0) is 14.7. The molecule has 0 atom stereocenters. The van der Waals surface area contributed by atoms with Crippen molar-refractivity contribution in [3.63, 3.8) is 0 Å². The van der Waals surface area contributed by atoms with Gasteiger partial charge in [-0.15, -0.1) is 0 Å². The maximum atomic E-state index is 5.35. The van der Waals surface area contributed by atoms with Crippen molar-refractivity contribution < 1.29 is 9.47 Å². The molecule has 2 aromatic rings. The Balaban J connectivity index is 1.65. The Kier molecular flexibility index (Phi) is 4.15. The van der Waals surface area contributed by atoms with Crippen molar-refractivity contribution in [1.29, 1.82) is 0 Å². The van der Waals surface area contributed by atoms with Crippen molar-refractivity contribution in [2.24, 2.45) is 0 Å². The summed E-state index contributed by atoms with van der Waals surface area (Å²) in [6.45, 7) is 1.80. The maximum Gasteiger partial charge on any atom is 0.161 e. The number of nitrogens with one attached hydrogen (secondary N) is 1. The van der Waals surface area contributed by atoms with E-state index in [9.17, 15) is 0 Å². The first kappa shape index (κ1) is 14.0. The molecule has 1 aromatic carbocycles. The van der Waals surface area contributed by atoms with Crippen LogP contribution in [-0.2, 0) is 13.1 Å². The van der Waals surface area contributed by atoms with Crippen LogP contribution in [0.3, 0.4) is 0 Å². The van der Waals surface area contributed by atoms with Gasteiger partial charge in [0.1, 0.15) is 0 Å². The third-order valence-electron chi connectivity index (χ3n) is 3.80. The minimum Gasteiger partial charge on any atom is -0.493 e. The fraction of sp³-hybridized carbons (Fsp3) is 0.412. The molecule has 1 aromatic heterocycles. The summed E-state index contributed by atoms with van der Waals surface area (Å²) in [5, 5.41) is 3.53. The Morgan fingerprint density at radius 3 is 2.62 bits per heavy atom.